The first-order valence-electron chi connectivity index (χ1n) is 4.09. The van der Waals surface area contributed by atoms with Gasteiger partial charge in [-0.15, -0.1) is 0 Å². The van der Waals surface area contributed by atoms with Crippen molar-refractivity contribution >= 4 is 11.8 Å². The molecule has 4 nitrogen and oxygen atoms in total. The van der Waals surface area contributed by atoms with Crippen molar-refractivity contribution in [2.45, 2.75) is 12.8 Å². The van der Waals surface area contributed by atoms with Crippen LogP contribution in [0.25, 0.3) is 0 Å². The van der Waals surface area contributed by atoms with E-state index in [0.29, 0.717) is 19.4 Å². The minimum Gasteiger partial charge on any atom is -0.308 e. The van der Waals surface area contributed by atoms with E-state index in [1.54, 1.807) is 0 Å². The fraction of sp³-hybridized carbons (Fsp3) is 0.750. The molecule has 0 aliphatic carbocycles. The van der Waals surface area contributed by atoms with Gasteiger partial charge in [0.2, 0.25) is 11.8 Å². The van der Waals surface area contributed by atoms with Gasteiger partial charge in [0, 0.05) is 25.9 Å². The molecular formula is C8H14N2O2. The smallest absolute Gasteiger partial charge is 0.229 e. The molecule has 0 radical (unpaired) electrons. The molecule has 12 heavy (non-hydrogen) atoms. The molecule has 1 rings (SSSR count). The molecule has 1 aliphatic heterocycles. The van der Waals surface area contributed by atoms with Crippen molar-refractivity contribution in [2.75, 3.05) is 27.2 Å². The summed E-state index contributed by atoms with van der Waals surface area (Å²) in [5.74, 6) is -0.0521. The van der Waals surface area contributed by atoms with E-state index >= 15 is 0 Å². The number of hydrogen-bond acceptors (Lipinski definition) is 3. The number of amides is 2. The Labute approximate surface area is 72.1 Å². The highest BCUT2D eigenvalue weighted by Gasteiger charge is 2.27. The highest BCUT2D eigenvalue weighted by Crippen LogP contribution is 2.10. The lowest BCUT2D eigenvalue weighted by molar-refractivity contribution is -0.138. The lowest BCUT2D eigenvalue weighted by atomic mass is 10.4. The molecule has 1 saturated heterocycles. The number of hydrogen-bond donors (Lipinski definition) is 0. The second kappa shape index (κ2) is 3.67. The third-order valence-electron chi connectivity index (χ3n) is 1.93. The van der Waals surface area contributed by atoms with Gasteiger partial charge in [0.25, 0.3) is 0 Å². The monoisotopic (exact) mass is 170 g/mol. The van der Waals surface area contributed by atoms with Gasteiger partial charge in [0.15, 0.2) is 0 Å². The molecule has 0 spiro atoms. The van der Waals surface area contributed by atoms with Crippen LogP contribution in [0.2, 0.25) is 0 Å². The summed E-state index contributed by atoms with van der Waals surface area (Å²) in [6, 6.07) is 0. The van der Waals surface area contributed by atoms with Crippen LogP contribution in [0.4, 0.5) is 0 Å². The Morgan fingerprint density at radius 3 is 2.17 bits per heavy atom. The second-order valence-electron chi connectivity index (χ2n) is 3.24. The Balaban J connectivity index is 2.40. The fourth-order valence-corrected chi connectivity index (χ4v) is 1.17. The molecule has 0 bridgehead atoms. The van der Waals surface area contributed by atoms with E-state index in [1.165, 1.54) is 4.90 Å². The van der Waals surface area contributed by atoms with E-state index in [-0.39, 0.29) is 11.8 Å². The van der Waals surface area contributed by atoms with Crippen molar-refractivity contribution in [1.29, 1.82) is 0 Å². The molecule has 1 heterocycles. The molecule has 0 saturated carbocycles. The minimum atomic E-state index is -0.0261. The van der Waals surface area contributed by atoms with Gasteiger partial charge in [-0.2, -0.15) is 0 Å². The van der Waals surface area contributed by atoms with Gasteiger partial charge in [-0.25, -0.2) is 0 Å². The molecule has 4 heteroatoms. The molecule has 2 amide bonds. The Morgan fingerprint density at radius 2 is 1.75 bits per heavy atom. The van der Waals surface area contributed by atoms with E-state index in [0.717, 1.165) is 6.54 Å². The SMILES string of the molecule is CN(C)CCN1C(=O)CCC1=O. The Bertz CT molecular complexity index is 185. The van der Waals surface area contributed by atoms with Gasteiger partial charge in [-0.3, -0.25) is 14.5 Å². The third kappa shape index (κ3) is 2.04. The van der Waals surface area contributed by atoms with Gasteiger partial charge in [-0.05, 0) is 14.1 Å². The highest BCUT2D eigenvalue weighted by molar-refractivity contribution is 6.01. The molecule has 1 fully saturated rings. The van der Waals surface area contributed by atoms with Crippen molar-refractivity contribution in [1.82, 2.24) is 9.80 Å². The largest absolute Gasteiger partial charge is 0.308 e. The first-order valence-corrected chi connectivity index (χ1v) is 4.09. The van der Waals surface area contributed by atoms with Crippen LogP contribution < -0.4 is 0 Å². The first-order chi connectivity index (χ1) is 5.61. The number of carbonyl (C=O) groups is 2. The molecule has 0 aromatic carbocycles. The normalized spacial score (nSPS) is 18.1. The van der Waals surface area contributed by atoms with Crippen LogP contribution in [0.3, 0.4) is 0 Å². The van der Waals surface area contributed by atoms with Crippen molar-refractivity contribution < 1.29 is 9.59 Å². The van der Waals surface area contributed by atoms with Crippen LogP contribution >= 0.6 is 0 Å². The quantitative estimate of drug-likeness (QED) is 0.546. The van der Waals surface area contributed by atoms with Gasteiger partial charge in [0.05, 0.1) is 0 Å². The van der Waals surface area contributed by atoms with Gasteiger partial charge in [0.1, 0.15) is 0 Å². The number of nitrogens with zero attached hydrogens (tertiary/aromatic N) is 2. The first kappa shape index (κ1) is 9.19. The summed E-state index contributed by atoms with van der Waals surface area (Å²) >= 11 is 0. The maximum absolute atomic E-state index is 11.1. The summed E-state index contributed by atoms with van der Waals surface area (Å²) in [6.07, 6.45) is 0.790. The Hall–Kier alpha value is -0.900. The molecule has 0 atom stereocenters. The average Bonchev–Trinajstić information content (AvgIpc) is 2.28. The van der Waals surface area contributed by atoms with E-state index < -0.39 is 0 Å². The Morgan fingerprint density at radius 1 is 1.25 bits per heavy atom. The molecule has 0 unspecified atom stereocenters. The molecular weight excluding hydrogens is 156 g/mol. The molecule has 0 N–H and O–H groups in total. The van der Waals surface area contributed by atoms with Crippen LogP contribution in [-0.2, 0) is 9.59 Å². The van der Waals surface area contributed by atoms with Gasteiger partial charge in [-0.1, -0.05) is 0 Å². The predicted molar refractivity (Wildman–Crippen MR) is 44.5 cm³/mol. The number of likely N-dealkylation sites (N-methyl/N-ethyl adjacent to an activating group) is 1. The average molecular weight is 170 g/mol. The predicted octanol–water partition coefficient (Wildman–Crippen LogP) is -0.303. The van der Waals surface area contributed by atoms with E-state index in [1.807, 2.05) is 19.0 Å². The maximum Gasteiger partial charge on any atom is 0.229 e. The summed E-state index contributed by atoms with van der Waals surface area (Å²) < 4.78 is 0. The van der Waals surface area contributed by atoms with E-state index in [9.17, 15) is 9.59 Å². The topological polar surface area (TPSA) is 40.6 Å². The van der Waals surface area contributed by atoms with Crippen LogP contribution in [-0.4, -0.2) is 48.8 Å². The van der Waals surface area contributed by atoms with Crippen molar-refractivity contribution in [3.63, 3.8) is 0 Å². The standard InChI is InChI=1S/C8H14N2O2/c1-9(2)5-6-10-7(11)3-4-8(10)12/h3-6H2,1-2H3. The lowest BCUT2D eigenvalue weighted by Crippen LogP contribution is -2.35. The van der Waals surface area contributed by atoms with Crippen LogP contribution in [0.15, 0.2) is 0 Å². The number of likely N-dealkylation sites (tertiary alicyclic amines) is 1. The number of imide groups is 1. The summed E-state index contributed by atoms with van der Waals surface area (Å²) in [7, 11) is 3.84. The van der Waals surface area contributed by atoms with Crippen molar-refractivity contribution in [3.05, 3.63) is 0 Å². The number of rotatable bonds is 3. The molecule has 0 aromatic heterocycles. The number of carbonyl (C=O) groups excluding carboxylic acids is 2. The van der Waals surface area contributed by atoms with Crippen LogP contribution in [0.1, 0.15) is 12.8 Å². The van der Waals surface area contributed by atoms with E-state index in [2.05, 4.69) is 0 Å². The van der Waals surface area contributed by atoms with E-state index in [4.69, 9.17) is 0 Å². The Kier molecular flexibility index (Phi) is 2.81. The van der Waals surface area contributed by atoms with Crippen LogP contribution in [0.5, 0.6) is 0 Å². The third-order valence-corrected chi connectivity index (χ3v) is 1.93. The zero-order chi connectivity index (χ0) is 9.14. The summed E-state index contributed by atoms with van der Waals surface area (Å²) in [5.41, 5.74) is 0. The molecule has 0 aromatic rings. The summed E-state index contributed by atoms with van der Waals surface area (Å²) in [5, 5.41) is 0. The summed E-state index contributed by atoms with van der Waals surface area (Å²) in [6.45, 7) is 1.28. The van der Waals surface area contributed by atoms with Gasteiger partial charge < -0.3 is 4.90 Å². The van der Waals surface area contributed by atoms with Gasteiger partial charge >= 0.3 is 0 Å². The highest BCUT2D eigenvalue weighted by atomic mass is 16.2. The van der Waals surface area contributed by atoms with Crippen molar-refractivity contribution in [3.8, 4) is 0 Å². The zero-order valence-corrected chi connectivity index (χ0v) is 7.54. The van der Waals surface area contributed by atoms with Crippen molar-refractivity contribution in [2.24, 2.45) is 0 Å². The lowest BCUT2D eigenvalue weighted by Gasteiger charge is -2.16. The second-order valence-corrected chi connectivity index (χ2v) is 3.24. The fourth-order valence-electron chi connectivity index (χ4n) is 1.17. The molecule has 1 aliphatic rings. The zero-order valence-electron chi connectivity index (χ0n) is 7.54. The van der Waals surface area contributed by atoms with Crippen LogP contribution in [0, 0.1) is 0 Å². The minimum absolute atomic E-state index is 0.0261. The summed E-state index contributed by atoms with van der Waals surface area (Å²) in [4.78, 5) is 25.5. The maximum atomic E-state index is 11.1. The molecule has 68 valence electrons.